The average Bonchev–Trinajstić information content (AvgIpc) is 2.70. The van der Waals surface area contributed by atoms with Gasteiger partial charge in [0.15, 0.2) is 0 Å². The smallest absolute Gasteiger partial charge is 0.338 e. The van der Waals surface area contributed by atoms with Crippen LogP contribution in [-0.4, -0.2) is 22.0 Å². The normalized spacial score (nSPS) is 10.3. The second kappa shape index (κ2) is 5.60. The van der Waals surface area contributed by atoms with Gasteiger partial charge < -0.3 is 10.4 Å². The number of hydrogen-bond acceptors (Lipinski definition) is 4. The topological polar surface area (TPSA) is 79.3 Å². The van der Waals surface area contributed by atoms with Crippen molar-refractivity contribution in [3.63, 3.8) is 0 Å². The van der Waals surface area contributed by atoms with Crippen molar-refractivity contribution in [3.8, 4) is 0 Å². The van der Waals surface area contributed by atoms with E-state index < -0.39 is 11.9 Å². The molecule has 0 bridgehead atoms. The molecule has 20 heavy (non-hydrogen) atoms. The summed E-state index contributed by atoms with van der Waals surface area (Å²) in [4.78, 5) is 28.0. The molecule has 0 atom stereocenters. The van der Waals surface area contributed by atoms with Crippen molar-refractivity contribution in [2.75, 3.05) is 5.32 Å². The van der Waals surface area contributed by atoms with Gasteiger partial charge in [0.25, 0.3) is 5.91 Å². The monoisotopic (exact) mass is 310 g/mol. The zero-order chi connectivity index (χ0) is 14.9. The highest BCUT2D eigenvalue weighted by Gasteiger charge is 2.18. The molecule has 0 unspecified atom stereocenters. The number of rotatable bonds is 3. The molecule has 2 aromatic heterocycles. The maximum atomic E-state index is 12.1. The average molecular weight is 311 g/mol. The van der Waals surface area contributed by atoms with Gasteiger partial charge >= 0.3 is 5.97 Å². The standard InChI is InChI=1S/C13H11ClN2O3S/c1-6-3-10(14)9(5-15-6)11(17)16-12-8(13(18)19)4-7(2)20-12/h3-5H,1-2H3,(H,16,17)(H,18,19). The van der Waals surface area contributed by atoms with Gasteiger partial charge in [-0.2, -0.15) is 0 Å². The summed E-state index contributed by atoms with van der Waals surface area (Å²) in [6.45, 7) is 3.53. The molecule has 0 aliphatic heterocycles. The molecular weight excluding hydrogens is 300 g/mol. The number of aryl methyl sites for hydroxylation is 2. The maximum Gasteiger partial charge on any atom is 0.338 e. The molecule has 0 fully saturated rings. The molecule has 2 rings (SSSR count). The van der Waals surface area contributed by atoms with Crippen LogP contribution >= 0.6 is 22.9 Å². The van der Waals surface area contributed by atoms with Crippen LogP contribution < -0.4 is 5.32 Å². The summed E-state index contributed by atoms with van der Waals surface area (Å²) in [5.74, 6) is -1.57. The molecule has 5 nitrogen and oxygen atoms in total. The highest BCUT2D eigenvalue weighted by molar-refractivity contribution is 7.16. The first-order valence-corrected chi connectivity index (χ1v) is 6.85. The molecule has 0 spiro atoms. The molecule has 2 aromatic rings. The quantitative estimate of drug-likeness (QED) is 0.911. The van der Waals surface area contributed by atoms with Crippen LogP contribution in [-0.2, 0) is 0 Å². The Morgan fingerprint density at radius 2 is 2.00 bits per heavy atom. The molecule has 0 aromatic carbocycles. The van der Waals surface area contributed by atoms with E-state index in [0.717, 1.165) is 4.88 Å². The van der Waals surface area contributed by atoms with Crippen molar-refractivity contribution >= 4 is 39.8 Å². The lowest BCUT2D eigenvalue weighted by Gasteiger charge is -2.06. The van der Waals surface area contributed by atoms with Crippen LogP contribution in [0.25, 0.3) is 0 Å². The highest BCUT2D eigenvalue weighted by Crippen LogP contribution is 2.28. The van der Waals surface area contributed by atoms with Crippen molar-refractivity contribution in [1.82, 2.24) is 4.98 Å². The molecule has 1 amide bonds. The van der Waals surface area contributed by atoms with Gasteiger partial charge in [-0.3, -0.25) is 9.78 Å². The molecule has 0 aliphatic carbocycles. The minimum absolute atomic E-state index is 0.0667. The Balaban J connectivity index is 2.30. The number of carboxylic acid groups (broad SMARTS) is 1. The second-order valence-electron chi connectivity index (χ2n) is 4.16. The summed E-state index contributed by atoms with van der Waals surface area (Å²) in [6, 6.07) is 3.09. The third kappa shape index (κ3) is 2.97. The zero-order valence-electron chi connectivity index (χ0n) is 10.7. The lowest BCUT2D eigenvalue weighted by atomic mass is 10.2. The van der Waals surface area contributed by atoms with Gasteiger partial charge in [-0.1, -0.05) is 11.6 Å². The Morgan fingerprint density at radius 1 is 1.30 bits per heavy atom. The van der Waals surface area contributed by atoms with E-state index in [0.29, 0.717) is 5.69 Å². The molecule has 0 saturated heterocycles. The first-order valence-electron chi connectivity index (χ1n) is 5.65. The zero-order valence-corrected chi connectivity index (χ0v) is 12.3. The molecule has 0 aliphatic rings. The van der Waals surface area contributed by atoms with Gasteiger partial charge in [0.1, 0.15) is 5.00 Å². The third-order valence-electron chi connectivity index (χ3n) is 2.55. The Kier molecular flexibility index (Phi) is 4.06. The summed E-state index contributed by atoms with van der Waals surface area (Å²) < 4.78 is 0. The van der Waals surface area contributed by atoms with E-state index in [1.807, 2.05) is 0 Å². The summed E-state index contributed by atoms with van der Waals surface area (Å²) in [6.07, 6.45) is 1.37. The molecule has 7 heteroatoms. The van der Waals surface area contributed by atoms with Crippen LogP contribution in [0, 0.1) is 13.8 Å². The molecular formula is C13H11ClN2O3S. The lowest BCUT2D eigenvalue weighted by molar-refractivity contribution is 0.0698. The van der Waals surface area contributed by atoms with Crippen molar-refractivity contribution in [3.05, 3.63) is 45.1 Å². The van der Waals surface area contributed by atoms with E-state index in [1.54, 1.807) is 19.9 Å². The maximum absolute atomic E-state index is 12.1. The number of nitrogens with one attached hydrogen (secondary N) is 1. The first kappa shape index (κ1) is 14.5. The summed E-state index contributed by atoms with van der Waals surface area (Å²) in [5.41, 5.74) is 0.974. The largest absolute Gasteiger partial charge is 0.478 e. The lowest BCUT2D eigenvalue weighted by Crippen LogP contribution is -2.14. The van der Waals surface area contributed by atoms with Crippen molar-refractivity contribution in [2.45, 2.75) is 13.8 Å². The van der Waals surface area contributed by atoms with Gasteiger partial charge in [-0.15, -0.1) is 11.3 Å². The predicted octanol–water partition coefficient (Wildman–Crippen LogP) is 3.36. The van der Waals surface area contributed by atoms with Gasteiger partial charge in [-0.05, 0) is 26.0 Å². The van der Waals surface area contributed by atoms with E-state index in [-0.39, 0.29) is 21.2 Å². The summed E-state index contributed by atoms with van der Waals surface area (Å²) >= 11 is 7.18. The number of carbonyl (C=O) groups excluding carboxylic acids is 1. The van der Waals surface area contributed by atoms with E-state index in [4.69, 9.17) is 16.7 Å². The number of halogens is 1. The van der Waals surface area contributed by atoms with Gasteiger partial charge in [0, 0.05) is 16.8 Å². The van der Waals surface area contributed by atoms with Gasteiger partial charge in [0.05, 0.1) is 16.1 Å². The number of carboxylic acids is 1. The van der Waals surface area contributed by atoms with E-state index >= 15 is 0 Å². The SMILES string of the molecule is Cc1cc(Cl)c(C(=O)Nc2sc(C)cc2C(=O)O)cn1. The van der Waals surface area contributed by atoms with Crippen LogP contribution in [0.2, 0.25) is 5.02 Å². The van der Waals surface area contributed by atoms with E-state index in [9.17, 15) is 9.59 Å². The molecule has 2 N–H and O–H groups in total. The fourth-order valence-electron chi connectivity index (χ4n) is 1.63. The van der Waals surface area contributed by atoms with Crippen molar-refractivity contribution in [1.29, 1.82) is 0 Å². The Morgan fingerprint density at radius 3 is 2.60 bits per heavy atom. The van der Waals surface area contributed by atoms with Crippen molar-refractivity contribution < 1.29 is 14.7 Å². The molecule has 104 valence electrons. The summed E-state index contributed by atoms with van der Waals surface area (Å²) in [7, 11) is 0. The number of carbonyl (C=O) groups is 2. The Hall–Kier alpha value is -1.92. The Bertz CT molecular complexity index is 697. The van der Waals surface area contributed by atoms with Crippen LogP contribution in [0.15, 0.2) is 18.3 Å². The summed E-state index contributed by atoms with van der Waals surface area (Å²) in [5, 5.41) is 12.2. The minimum atomic E-state index is -1.09. The second-order valence-corrected chi connectivity index (χ2v) is 5.83. The van der Waals surface area contributed by atoms with Crippen LogP contribution in [0.3, 0.4) is 0 Å². The molecule has 2 heterocycles. The highest BCUT2D eigenvalue weighted by atomic mass is 35.5. The van der Waals surface area contributed by atoms with Gasteiger partial charge in [-0.25, -0.2) is 4.79 Å². The van der Waals surface area contributed by atoms with Gasteiger partial charge in [0.2, 0.25) is 0 Å². The van der Waals surface area contributed by atoms with E-state index in [1.165, 1.54) is 23.6 Å². The van der Waals surface area contributed by atoms with Crippen LogP contribution in [0.1, 0.15) is 31.3 Å². The predicted molar refractivity (Wildman–Crippen MR) is 78.0 cm³/mol. The molecule has 0 radical (unpaired) electrons. The first-order chi connectivity index (χ1) is 9.38. The fourth-order valence-corrected chi connectivity index (χ4v) is 2.82. The van der Waals surface area contributed by atoms with Crippen LogP contribution in [0.4, 0.5) is 5.00 Å². The number of anilines is 1. The number of pyridine rings is 1. The van der Waals surface area contributed by atoms with Crippen molar-refractivity contribution in [2.24, 2.45) is 0 Å². The third-order valence-corrected chi connectivity index (χ3v) is 3.83. The number of aromatic nitrogens is 1. The Labute approximate surface area is 124 Å². The number of thiophene rings is 1. The fraction of sp³-hybridized carbons (Fsp3) is 0.154. The molecule has 0 saturated carbocycles. The number of hydrogen-bond donors (Lipinski definition) is 2. The number of nitrogens with zero attached hydrogens (tertiary/aromatic N) is 1. The minimum Gasteiger partial charge on any atom is -0.478 e. The number of aromatic carboxylic acids is 1. The van der Waals surface area contributed by atoms with E-state index in [2.05, 4.69) is 10.3 Å². The van der Waals surface area contributed by atoms with Crippen LogP contribution in [0.5, 0.6) is 0 Å². The number of amides is 1.